The number of aliphatic hydroxyl groups is 1. The van der Waals surface area contributed by atoms with Crippen LogP contribution in [0.3, 0.4) is 0 Å². The van der Waals surface area contributed by atoms with Crippen LogP contribution in [0.5, 0.6) is 0 Å². The number of para-hydroxylation sites is 2. The average molecular weight is 304 g/mol. The van der Waals surface area contributed by atoms with E-state index >= 15 is 0 Å². The molecule has 0 bridgehead atoms. The van der Waals surface area contributed by atoms with Gasteiger partial charge in [0.25, 0.3) is 0 Å². The predicted molar refractivity (Wildman–Crippen MR) is 87.1 cm³/mol. The first-order valence-electron chi connectivity index (χ1n) is 6.66. The van der Waals surface area contributed by atoms with E-state index in [1.807, 2.05) is 48.8 Å². The van der Waals surface area contributed by atoms with Gasteiger partial charge in [0, 0.05) is 11.7 Å². The van der Waals surface area contributed by atoms with Crippen molar-refractivity contribution in [3.05, 3.63) is 60.4 Å². The maximum absolute atomic E-state index is 8.98. The van der Waals surface area contributed by atoms with Gasteiger partial charge in [-0.25, -0.2) is 4.98 Å². The molecule has 1 atom stereocenters. The lowest BCUT2D eigenvalue weighted by atomic mass is 10.1. The molecule has 1 aromatic heterocycles. The molecule has 0 fully saturated rings. The minimum atomic E-state index is -0.199. The quantitative estimate of drug-likeness (QED) is 0.777. The molecular weight excluding hydrogens is 286 g/mol. The summed E-state index contributed by atoms with van der Waals surface area (Å²) in [5, 5.41) is 8.98. The van der Waals surface area contributed by atoms with Crippen molar-refractivity contribution in [3.63, 3.8) is 0 Å². The van der Waals surface area contributed by atoms with Crippen LogP contribution in [0, 0.1) is 0 Å². The van der Waals surface area contributed by atoms with Crippen LogP contribution < -0.4 is 5.73 Å². The Kier molecular flexibility index (Phi) is 4.96. The first kappa shape index (κ1) is 15.5. The van der Waals surface area contributed by atoms with Crippen molar-refractivity contribution in [3.8, 4) is 5.69 Å². The fourth-order valence-electron chi connectivity index (χ4n) is 2.32. The van der Waals surface area contributed by atoms with Crippen LogP contribution in [0.15, 0.2) is 54.9 Å². The molecule has 21 heavy (non-hydrogen) atoms. The number of rotatable bonds is 4. The molecule has 110 valence electrons. The lowest BCUT2D eigenvalue weighted by Crippen LogP contribution is -2.26. The number of halogens is 1. The van der Waals surface area contributed by atoms with E-state index in [1.54, 1.807) is 0 Å². The zero-order chi connectivity index (χ0) is 13.9. The van der Waals surface area contributed by atoms with Crippen LogP contribution >= 0.6 is 12.4 Å². The van der Waals surface area contributed by atoms with Crippen molar-refractivity contribution < 1.29 is 5.11 Å². The zero-order valence-corrected chi connectivity index (χ0v) is 12.3. The summed E-state index contributed by atoms with van der Waals surface area (Å²) in [6.45, 7) is 0.00785. The normalized spacial score (nSPS) is 12.1. The van der Waals surface area contributed by atoms with Gasteiger partial charge >= 0.3 is 0 Å². The Labute approximate surface area is 129 Å². The van der Waals surface area contributed by atoms with Gasteiger partial charge in [0.15, 0.2) is 0 Å². The average Bonchev–Trinajstić information content (AvgIpc) is 2.92. The van der Waals surface area contributed by atoms with Gasteiger partial charge in [-0.15, -0.1) is 12.4 Å². The Hall–Kier alpha value is -1.88. The monoisotopic (exact) mass is 303 g/mol. The molecule has 1 heterocycles. The van der Waals surface area contributed by atoms with E-state index in [9.17, 15) is 0 Å². The Morgan fingerprint density at radius 3 is 2.52 bits per heavy atom. The Bertz CT molecular complexity index is 709. The van der Waals surface area contributed by atoms with E-state index in [4.69, 9.17) is 10.8 Å². The Morgan fingerprint density at radius 1 is 1.10 bits per heavy atom. The largest absolute Gasteiger partial charge is 0.395 e. The first-order valence-corrected chi connectivity index (χ1v) is 6.66. The molecule has 1 unspecified atom stereocenters. The Morgan fingerprint density at radius 2 is 1.81 bits per heavy atom. The SMILES string of the molecule is Cl.NC(CO)Cc1ccc(-n2cnc3ccccc32)cc1. The smallest absolute Gasteiger partial charge is 0.100 e. The van der Waals surface area contributed by atoms with Crippen molar-refractivity contribution in [2.75, 3.05) is 6.61 Å². The number of aliphatic hydroxyl groups excluding tert-OH is 1. The molecule has 4 nitrogen and oxygen atoms in total. The summed E-state index contributed by atoms with van der Waals surface area (Å²) in [4.78, 5) is 4.39. The number of aromatic nitrogens is 2. The molecule has 3 N–H and O–H groups in total. The van der Waals surface area contributed by atoms with Gasteiger partial charge in [-0.2, -0.15) is 0 Å². The summed E-state index contributed by atoms with van der Waals surface area (Å²) in [6.07, 6.45) is 2.51. The van der Waals surface area contributed by atoms with E-state index in [-0.39, 0.29) is 25.1 Å². The zero-order valence-electron chi connectivity index (χ0n) is 11.5. The van der Waals surface area contributed by atoms with Gasteiger partial charge in [0.05, 0.1) is 17.6 Å². The van der Waals surface area contributed by atoms with Crippen molar-refractivity contribution in [1.82, 2.24) is 9.55 Å². The third kappa shape index (κ3) is 3.24. The van der Waals surface area contributed by atoms with Gasteiger partial charge in [0.1, 0.15) is 6.33 Å². The van der Waals surface area contributed by atoms with E-state index in [1.165, 1.54) is 0 Å². The highest BCUT2D eigenvalue weighted by Crippen LogP contribution is 2.18. The minimum absolute atomic E-state index is 0. The first-order chi connectivity index (χ1) is 9.78. The number of benzene rings is 2. The second-order valence-corrected chi connectivity index (χ2v) is 4.92. The third-order valence-electron chi connectivity index (χ3n) is 3.40. The number of nitrogens with two attached hydrogens (primary N) is 1. The number of hydrogen-bond donors (Lipinski definition) is 2. The topological polar surface area (TPSA) is 64.1 Å². The highest BCUT2D eigenvalue weighted by atomic mass is 35.5. The highest BCUT2D eigenvalue weighted by molar-refractivity contribution is 5.85. The molecule has 0 aliphatic rings. The van der Waals surface area contributed by atoms with Crippen LogP contribution in [0.25, 0.3) is 16.7 Å². The molecule has 0 saturated heterocycles. The summed E-state index contributed by atoms with van der Waals surface area (Å²) < 4.78 is 2.06. The number of imidazole rings is 1. The van der Waals surface area contributed by atoms with Gasteiger partial charge < -0.3 is 10.8 Å². The molecule has 0 spiro atoms. The molecule has 3 rings (SSSR count). The van der Waals surface area contributed by atoms with Gasteiger partial charge in [-0.05, 0) is 36.2 Å². The third-order valence-corrected chi connectivity index (χ3v) is 3.40. The van der Waals surface area contributed by atoms with Crippen molar-refractivity contribution in [2.24, 2.45) is 5.73 Å². The van der Waals surface area contributed by atoms with Crippen LogP contribution in [-0.4, -0.2) is 27.3 Å². The standard InChI is InChI=1S/C16H17N3O.ClH/c17-13(10-20)9-12-5-7-14(8-6-12)19-11-18-15-3-1-2-4-16(15)19;/h1-8,11,13,20H,9-10,17H2;1H. The molecular formula is C16H18ClN3O. The van der Waals surface area contributed by atoms with E-state index in [0.717, 1.165) is 22.3 Å². The molecule has 0 aliphatic carbocycles. The lowest BCUT2D eigenvalue weighted by molar-refractivity contribution is 0.265. The molecule has 0 radical (unpaired) electrons. The summed E-state index contributed by atoms with van der Waals surface area (Å²) in [7, 11) is 0. The maximum Gasteiger partial charge on any atom is 0.100 e. The van der Waals surface area contributed by atoms with Crippen LogP contribution in [0.4, 0.5) is 0 Å². The molecule has 0 amide bonds. The van der Waals surface area contributed by atoms with Gasteiger partial charge in [-0.1, -0.05) is 24.3 Å². The van der Waals surface area contributed by atoms with Gasteiger partial charge in [0.2, 0.25) is 0 Å². The van der Waals surface area contributed by atoms with Crippen LogP contribution in [-0.2, 0) is 6.42 Å². The minimum Gasteiger partial charge on any atom is -0.395 e. The maximum atomic E-state index is 8.98. The van der Waals surface area contributed by atoms with Crippen molar-refractivity contribution >= 4 is 23.4 Å². The second-order valence-electron chi connectivity index (χ2n) is 4.92. The summed E-state index contributed by atoms with van der Waals surface area (Å²) in [6, 6.07) is 16.0. The van der Waals surface area contributed by atoms with Crippen LogP contribution in [0.1, 0.15) is 5.56 Å². The lowest BCUT2D eigenvalue weighted by Gasteiger charge is -2.09. The summed E-state index contributed by atoms with van der Waals surface area (Å²) in [5.74, 6) is 0. The Balaban J connectivity index is 0.00000161. The van der Waals surface area contributed by atoms with Gasteiger partial charge in [-0.3, -0.25) is 4.57 Å². The van der Waals surface area contributed by atoms with Crippen LogP contribution in [0.2, 0.25) is 0 Å². The van der Waals surface area contributed by atoms with Crippen molar-refractivity contribution in [2.45, 2.75) is 12.5 Å². The second kappa shape index (κ2) is 6.72. The van der Waals surface area contributed by atoms with E-state index in [0.29, 0.717) is 6.42 Å². The predicted octanol–water partition coefficient (Wildman–Crippen LogP) is 2.31. The molecule has 0 saturated carbocycles. The number of nitrogens with zero attached hydrogens (tertiary/aromatic N) is 2. The highest BCUT2D eigenvalue weighted by Gasteiger charge is 2.05. The van der Waals surface area contributed by atoms with E-state index < -0.39 is 0 Å². The molecule has 2 aromatic carbocycles. The fraction of sp³-hybridized carbons (Fsp3) is 0.188. The van der Waals surface area contributed by atoms with Crippen molar-refractivity contribution in [1.29, 1.82) is 0 Å². The molecule has 3 aromatic rings. The molecule has 0 aliphatic heterocycles. The summed E-state index contributed by atoms with van der Waals surface area (Å²) >= 11 is 0. The van der Waals surface area contributed by atoms with E-state index in [2.05, 4.69) is 15.6 Å². The number of fused-ring (bicyclic) bond motifs is 1. The fourth-order valence-corrected chi connectivity index (χ4v) is 2.32. The summed E-state index contributed by atoms with van der Waals surface area (Å²) in [5.41, 5.74) is 10.0. The number of hydrogen-bond acceptors (Lipinski definition) is 3. The molecule has 5 heteroatoms.